The second kappa shape index (κ2) is 7.94. The highest BCUT2D eigenvalue weighted by Crippen LogP contribution is 2.12. The molecule has 1 aromatic carbocycles. The fourth-order valence-corrected chi connectivity index (χ4v) is 2.69. The molecule has 0 aromatic heterocycles. The van der Waals surface area contributed by atoms with Gasteiger partial charge in [0, 0.05) is 52.6 Å². The van der Waals surface area contributed by atoms with Crippen LogP contribution in [-0.4, -0.2) is 54.3 Å². The van der Waals surface area contributed by atoms with E-state index in [1.807, 2.05) is 4.90 Å². The zero-order valence-corrected chi connectivity index (χ0v) is 13.5. The topological polar surface area (TPSA) is 52.7 Å². The lowest BCUT2D eigenvalue weighted by Crippen LogP contribution is -2.48. The number of rotatable bonds is 5. The smallest absolute Gasteiger partial charge is 0.224 e. The van der Waals surface area contributed by atoms with E-state index >= 15 is 0 Å². The molecule has 120 valence electrons. The highest BCUT2D eigenvalue weighted by atomic mass is 16.2. The van der Waals surface area contributed by atoms with Gasteiger partial charge in [-0.25, -0.2) is 0 Å². The number of nitrogens with one attached hydrogen (secondary N) is 1. The Morgan fingerprint density at radius 2 is 1.82 bits per heavy atom. The molecule has 2 amide bonds. The Balaban J connectivity index is 1.74. The van der Waals surface area contributed by atoms with Crippen LogP contribution in [0.4, 0.5) is 0 Å². The number of hydrogen-bond acceptors (Lipinski definition) is 3. The van der Waals surface area contributed by atoms with Crippen LogP contribution in [0.1, 0.15) is 24.5 Å². The van der Waals surface area contributed by atoms with Crippen LogP contribution in [0.5, 0.6) is 0 Å². The molecule has 2 rings (SSSR count). The molecule has 0 aliphatic carbocycles. The van der Waals surface area contributed by atoms with E-state index in [4.69, 9.17) is 0 Å². The predicted molar refractivity (Wildman–Crippen MR) is 86.3 cm³/mol. The number of aryl methyl sites for hydroxylation is 1. The van der Waals surface area contributed by atoms with Crippen LogP contribution in [0.25, 0.3) is 0 Å². The zero-order chi connectivity index (χ0) is 15.9. The maximum Gasteiger partial charge on any atom is 0.224 e. The molecule has 1 saturated heterocycles. The number of hydrogen-bond donors (Lipinski definition) is 1. The maximum absolute atomic E-state index is 12.1. The molecule has 1 aromatic rings. The van der Waals surface area contributed by atoms with Crippen molar-refractivity contribution in [1.29, 1.82) is 0 Å². The first kappa shape index (κ1) is 16.5. The summed E-state index contributed by atoms with van der Waals surface area (Å²) in [6.07, 6.45) is 0.386. The van der Waals surface area contributed by atoms with Crippen molar-refractivity contribution in [3.63, 3.8) is 0 Å². The number of piperazine rings is 1. The molecule has 22 heavy (non-hydrogen) atoms. The van der Waals surface area contributed by atoms with Gasteiger partial charge in [0.25, 0.3) is 0 Å². The highest BCUT2D eigenvalue weighted by Gasteiger charge is 2.21. The summed E-state index contributed by atoms with van der Waals surface area (Å²) in [6, 6.07) is 8.44. The minimum atomic E-state index is -0.0872. The van der Waals surface area contributed by atoms with Crippen LogP contribution >= 0.6 is 0 Å². The second-order valence-electron chi connectivity index (χ2n) is 5.82. The molecule has 0 unspecified atom stereocenters. The van der Waals surface area contributed by atoms with Crippen LogP contribution in [0.3, 0.4) is 0 Å². The van der Waals surface area contributed by atoms with Crippen molar-refractivity contribution in [3.05, 3.63) is 35.4 Å². The van der Waals surface area contributed by atoms with E-state index in [1.165, 1.54) is 18.1 Å². The minimum absolute atomic E-state index is 0.0872. The van der Waals surface area contributed by atoms with Crippen LogP contribution < -0.4 is 5.32 Å². The quantitative estimate of drug-likeness (QED) is 0.888. The van der Waals surface area contributed by atoms with Crippen LogP contribution in [0.2, 0.25) is 0 Å². The number of carbonyl (C=O) groups excluding carboxylic acids is 2. The molecule has 0 radical (unpaired) electrons. The monoisotopic (exact) mass is 303 g/mol. The molecule has 0 atom stereocenters. The molecule has 0 bridgehead atoms. The van der Waals surface area contributed by atoms with Gasteiger partial charge in [-0.2, -0.15) is 0 Å². The minimum Gasteiger partial charge on any atom is -0.356 e. The largest absolute Gasteiger partial charge is 0.356 e. The average molecular weight is 303 g/mol. The Labute approximate surface area is 132 Å². The lowest BCUT2D eigenvalue weighted by Gasteiger charge is -2.35. The van der Waals surface area contributed by atoms with Crippen molar-refractivity contribution in [2.45, 2.75) is 26.8 Å². The molecule has 0 saturated carbocycles. The normalized spacial score (nSPS) is 15.6. The Morgan fingerprint density at radius 1 is 1.14 bits per heavy atom. The van der Waals surface area contributed by atoms with E-state index in [-0.39, 0.29) is 11.8 Å². The third-order valence-electron chi connectivity index (χ3n) is 4.09. The molecule has 1 aliphatic rings. The summed E-state index contributed by atoms with van der Waals surface area (Å²) in [5.74, 6) is 0.0418. The fraction of sp³-hybridized carbons (Fsp3) is 0.529. The van der Waals surface area contributed by atoms with E-state index in [9.17, 15) is 9.59 Å². The molecular weight excluding hydrogens is 278 g/mol. The van der Waals surface area contributed by atoms with Gasteiger partial charge in [0.05, 0.1) is 0 Å². The number of amides is 2. The summed E-state index contributed by atoms with van der Waals surface area (Å²) in [7, 11) is 0. The molecule has 5 nitrogen and oxygen atoms in total. The second-order valence-corrected chi connectivity index (χ2v) is 5.82. The van der Waals surface area contributed by atoms with Crippen LogP contribution in [-0.2, 0) is 16.1 Å². The first-order chi connectivity index (χ1) is 10.6. The van der Waals surface area contributed by atoms with Gasteiger partial charge in [-0.1, -0.05) is 24.3 Å². The van der Waals surface area contributed by atoms with Crippen LogP contribution in [0, 0.1) is 6.92 Å². The van der Waals surface area contributed by atoms with Crippen molar-refractivity contribution in [3.8, 4) is 0 Å². The zero-order valence-electron chi connectivity index (χ0n) is 13.5. The lowest BCUT2D eigenvalue weighted by molar-refractivity contribution is -0.133. The Kier molecular flexibility index (Phi) is 5.95. The predicted octanol–water partition coefficient (Wildman–Crippen LogP) is 1.17. The van der Waals surface area contributed by atoms with Gasteiger partial charge in [-0.05, 0) is 18.1 Å². The molecule has 1 aliphatic heterocycles. The van der Waals surface area contributed by atoms with Gasteiger partial charge in [0.1, 0.15) is 0 Å². The Bertz CT molecular complexity index is 522. The van der Waals surface area contributed by atoms with Gasteiger partial charge in [0.2, 0.25) is 11.8 Å². The molecule has 0 spiro atoms. The summed E-state index contributed by atoms with van der Waals surface area (Å²) in [5, 5.41) is 2.67. The third-order valence-corrected chi connectivity index (χ3v) is 4.09. The highest BCUT2D eigenvalue weighted by molar-refractivity contribution is 5.78. The summed E-state index contributed by atoms with van der Waals surface area (Å²) in [6.45, 7) is 8.32. The molecule has 1 fully saturated rings. The molecule has 1 N–H and O–H groups in total. The van der Waals surface area contributed by atoms with Crippen molar-refractivity contribution >= 4 is 11.8 Å². The van der Waals surface area contributed by atoms with Crippen molar-refractivity contribution < 1.29 is 9.59 Å². The number of nitrogens with zero attached hydrogens (tertiary/aromatic N) is 2. The van der Waals surface area contributed by atoms with Gasteiger partial charge in [-0.15, -0.1) is 0 Å². The first-order valence-corrected chi connectivity index (χ1v) is 7.85. The standard InChI is InChI=1S/C17H25N3O2/c1-14-5-3-4-6-16(14)13-19-9-11-20(12-10-19)17(22)7-8-18-15(2)21/h3-6H,7-13H2,1-2H3,(H,18,21). The SMILES string of the molecule is CC(=O)NCCC(=O)N1CCN(Cc2ccccc2C)CC1. The Morgan fingerprint density at radius 3 is 2.45 bits per heavy atom. The van der Waals surface area contributed by atoms with Crippen molar-refractivity contribution in [2.24, 2.45) is 0 Å². The molecule has 1 heterocycles. The summed E-state index contributed by atoms with van der Waals surface area (Å²) in [5.41, 5.74) is 2.67. The average Bonchev–Trinajstić information content (AvgIpc) is 2.50. The van der Waals surface area contributed by atoms with Gasteiger partial charge in [-0.3, -0.25) is 14.5 Å². The van der Waals surface area contributed by atoms with Crippen molar-refractivity contribution in [2.75, 3.05) is 32.7 Å². The van der Waals surface area contributed by atoms with E-state index in [1.54, 1.807) is 0 Å². The summed E-state index contributed by atoms with van der Waals surface area (Å²) >= 11 is 0. The maximum atomic E-state index is 12.1. The third kappa shape index (κ3) is 4.84. The first-order valence-electron chi connectivity index (χ1n) is 7.85. The van der Waals surface area contributed by atoms with E-state index in [0.717, 1.165) is 32.7 Å². The van der Waals surface area contributed by atoms with Crippen molar-refractivity contribution in [1.82, 2.24) is 15.1 Å². The molecule has 5 heteroatoms. The van der Waals surface area contributed by atoms with E-state index in [2.05, 4.69) is 41.4 Å². The van der Waals surface area contributed by atoms with Crippen LogP contribution in [0.15, 0.2) is 24.3 Å². The number of carbonyl (C=O) groups is 2. The van der Waals surface area contributed by atoms with Gasteiger partial charge < -0.3 is 10.2 Å². The van der Waals surface area contributed by atoms with Gasteiger partial charge in [0.15, 0.2) is 0 Å². The summed E-state index contributed by atoms with van der Waals surface area (Å²) < 4.78 is 0. The van der Waals surface area contributed by atoms with E-state index < -0.39 is 0 Å². The van der Waals surface area contributed by atoms with E-state index in [0.29, 0.717) is 13.0 Å². The molecular formula is C17H25N3O2. The van der Waals surface area contributed by atoms with Gasteiger partial charge >= 0.3 is 0 Å². The fourth-order valence-electron chi connectivity index (χ4n) is 2.69. The Hall–Kier alpha value is -1.88. The lowest BCUT2D eigenvalue weighted by atomic mass is 10.1. The number of benzene rings is 1. The summed E-state index contributed by atoms with van der Waals surface area (Å²) in [4.78, 5) is 27.1.